The third-order valence-electron chi connectivity index (χ3n) is 5.82. The number of amides is 1. The van der Waals surface area contributed by atoms with Crippen LogP contribution in [0.4, 0.5) is 5.95 Å². The number of piperidine rings is 1. The van der Waals surface area contributed by atoms with Gasteiger partial charge < -0.3 is 15.0 Å². The number of anilines is 1. The first-order valence-electron chi connectivity index (χ1n) is 9.95. The quantitative estimate of drug-likeness (QED) is 0.795. The average Bonchev–Trinajstić information content (AvgIpc) is 2.75. The van der Waals surface area contributed by atoms with E-state index in [1.54, 1.807) is 30.6 Å². The zero-order valence-electron chi connectivity index (χ0n) is 16.1. The van der Waals surface area contributed by atoms with Crippen molar-refractivity contribution in [2.45, 2.75) is 37.1 Å². The predicted molar refractivity (Wildman–Crippen MR) is 114 cm³/mol. The van der Waals surface area contributed by atoms with Crippen LogP contribution in [0.5, 0.6) is 0 Å². The first-order valence-corrected chi connectivity index (χ1v) is 10.7. The molecule has 2 aromatic rings. The Morgan fingerprint density at radius 1 is 1.21 bits per heavy atom. The lowest BCUT2D eigenvalue weighted by atomic mass is 9.73. The number of ether oxygens (including phenoxy) is 1. The van der Waals surface area contributed by atoms with E-state index < -0.39 is 5.41 Å². The Morgan fingerprint density at radius 3 is 2.69 bits per heavy atom. The Bertz CT molecular complexity index is 859. The van der Waals surface area contributed by atoms with Crippen LogP contribution in [0.2, 0.25) is 10.0 Å². The van der Waals surface area contributed by atoms with Gasteiger partial charge in [0, 0.05) is 54.8 Å². The summed E-state index contributed by atoms with van der Waals surface area (Å²) in [6.45, 7) is 2.64. The van der Waals surface area contributed by atoms with Gasteiger partial charge in [-0.3, -0.25) is 4.79 Å². The molecular weight excluding hydrogens is 411 g/mol. The predicted octanol–water partition coefficient (Wildman–Crippen LogP) is 3.62. The van der Waals surface area contributed by atoms with Crippen LogP contribution in [-0.2, 0) is 14.9 Å². The van der Waals surface area contributed by atoms with Crippen molar-refractivity contribution in [2.75, 3.05) is 31.2 Å². The molecule has 29 heavy (non-hydrogen) atoms. The summed E-state index contributed by atoms with van der Waals surface area (Å²) in [5.74, 6) is 0.707. The Balaban J connectivity index is 1.54. The number of carbonyl (C=O) groups is 1. The Kier molecular flexibility index (Phi) is 6.23. The second-order valence-electron chi connectivity index (χ2n) is 7.63. The number of hydrogen-bond donors (Lipinski definition) is 1. The van der Waals surface area contributed by atoms with Gasteiger partial charge in [-0.2, -0.15) is 0 Å². The first kappa shape index (κ1) is 20.4. The average molecular weight is 435 g/mol. The summed E-state index contributed by atoms with van der Waals surface area (Å²) in [5, 5.41) is 4.37. The second-order valence-corrected chi connectivity index (χ2v) is 8.47. The minimum atomic E-state index is -0.703. The van der Waals surface area contributed by atoms with Gasteiger partial charge in [-0.25, -0.2) is 9.97 Å². The Morgan fingerprint density at radius 2 is 1.97 bits per heavy atom. The number of hydrogen-bond acceptors (Lipinski definition) is 5. The molecular formula is C21H24Cl2N4O2. The highest BCUT2D eigenvalue weighted by molar-refractivity contribution is 6.35. The molecule has 4 rings (SSSR count). The number of halogens is 2. The molecule has 154 valence electrons. The number of carbonyl (C=O) groups excluding carboxylic acids is 1. The fraction of sp³-hybridized carbons (Fsp3) is 0.476. The van der Waals surface area contributed by atoms with Crippen LogP contribution in [0.25, 0.3) is 0 Å². The van der Waals surface area contributed by atoms with Crippen molar-refractivity contribution in [3.63, 3.8) is 0 Å². The van der Waals surface area contributed by atoms with Gasteiger partial charge in [-0.1, -0.05) is 29.3 Å². The smallest absolute Gasteiger partial charge is 0.231 e. The zero-order valence-corrected chi connectivity index (χ0v) is 17.6. The van der Waals surface area contributed by atoms with Crippen molar-refractivity contribution >= 4 is 35.1 Å². The van der Waals surface area contributed by atoms with Crippen molar-refractivity contribution in [1.82, 2.24) is 15.3 Å². The highest BCUT2D eigenvalue weighted by Gasteiger charge is 2.44. The second kappa shape index (κ2) is 8.86. The molecule has 0 aliphatic carbocycles. The van der Waals surface area contributed by atoms with Crippen molar-refractivity contribution in [2.24, 2.45) is 0 Å². The maximum Gasteiger partial charge on any atom is 0.231 e. The van der Waals surface area contributed by atoms with Crippen molar-refractivity contribution < 1.29 is 9.53 Å². The molecule has 0 unspecified atom stereocenters. The van der Waals surface area contributed by atoms with E-state index in [4.69, 9.17) is 27.9 Å². The maximum atomic E-state index is 13.6. The fourth-order valence-electron chi connectivity index (χ4n) is 4.27. The number of rotatable bonds is 4. The molecule has 6 nitrogen and oxygen atoms in total. The molecule has 0 spiro atoms. The van der Waals surface area contributed by atoms with E-state index in [0.717, 1.165) is 24.9 Å². The normalized spacial score (nSPS) is 21.6. The van der Waals surface area contributed by atoms with Crippen LogP contribution in [0.15, 0.2) is 36.7 Å². The summed E-state index contributed by atoms with van der Waals surface area (Å²) in [7, 11) is 0. The van der Waals surface area contributed by atoms with Gasteiger partial charge in [0.1, 0.15) is 0 Å². The molecule has 2 fully saturated rings. The van der Waals surface area contributed by atoms with Crippen molar-refractivity contribution in [3.05, 3.63) is 52.3 Å². The van der Waals surface area contributed by atoms with E-state index in [-0.39, 0.29) is 11.9 Å². The molecule has 2 aliphatic heterocycles. The van der Waals surface area contributed by atoms with Crippen LogP contribution in [-0.4, -0.2) is 48.2 Å². The molecule has 1 atom stereocenters. The number of nitrogens with one attached hydrogen (secondary N) is 1. The number of nitrogens with zero attached hydrogens (tertiary/aromatic N) is 3. The van der Waals surface area contributed by atoms with Crippen LogP contribution >= 0.6 is 23.2 Å². The molecule has 0 radical (unpaired) electrons. The summed E-state index contributed by atoms with van der Waals surface area (Å²) < 4.78 is 5.55. The van der Waals surface area contributed by atoms with Gasteiger partial charge in [0.2, 0.25) is 11.9 Å². The van der Waals surface area contributed by atoms with Gasteiger partial charge in [0.05, 0.1) is 5.41 Å². The van der Waals surface area contributed by atoms with Gasteiger partial charge in [-0.15, -0.1) is 0 Å². The molecule has 3 heterocycles. The monoisotopic (exact) mass is 434 g/mol. The molecule has 8 heteroatoms. The first-order chi connectivity index (χ1) is 14.1. The van der Waals surface area contributed by atoms with Crippen molar-refractivity contribution in [3.8, 4) is 0 Å². The third-order valence-corrected chi connectivity index (χ3v) is 6.37. The summed E-state index contributed by atoms with van der Waals surface area (Å²) in [5.41, 5.74) is 0.120. The third kappa shape index (κ3) is 4.34. The molecule has 2 aliphatic rings. The van der Waals surface area contributed by atoms with E-state index >= 15 is 0 Å². The summed E-state index contributed by atoms with van der Waals surface area (Å²) in [6, 6.07) is 7.21. The van der Waals surface area contributed by atoms with E-state index in [1.165, 1.54) is 0 Å². The van der Waals surface area contributed by atoms with Gasteiger partial charge in [0.25, 0.3) is 0 Å². The Hall–Kier alpha value is -1.89. The topological polar surface area (TPSA) is 67.4 Å². The lowest BCUT2D eigenvalue weighted by Gasteiger charge is -2.40. The van der Waals surface area contributed by atoms with E-state index in [1.807, 2.05) is 6.07 Å². The zero-order chi connectivity index (χ0) is 20.3. The standard InChI is InChI=1S/C21H24Cl2N4O2/c22-15-4-5-17(18(23)13-15)21(6-11-29-12-7-21)19(28)26-16-3-1-10-27(14-16)20-24-8-2-9-25-20/h2,4-5,8-9,13,16H,1,3,6-7,10-12,14H2,(H,26,28)/t16-/m0/s1. The minimum Gasteiger partial charge on any atom is -0.381 e. The highest BCUT2D eigenvalue weighted by Crippen LogP contribution is 2.40. The van der Waals surface area contributed by atoms with Gasteiger partial charge in [0.15, 0.2) is 0 Å². The lowest BCUT2D eigenvalue weighted by Crippen LogP contribution is -2.55. The van der Waals surface area contributed by atoms with Gasteiger partial charge in [-0.05, 0) is 49.4 Å². The molecule has 0 saturated carbocycles. The minimum absolute atomic E-state index is 0.00542. The molecule has 1 aromatic carbocycles. The summed E-state index contributed by atoms with van der Waals surface area (Å²) in [4.78, 5) is 24.4. The van der Waals surface area contributed by atoms with Crippen LogP contribution in [0, 0.1) is 0 Å². The van der Waals surface area contributed by atoms with Crippen LogP contribution in [0.3, 0.4) is 0 Å². The van der Waals surface area contributed by atoms with E-state index in [2.05, 4.69) is 20.2 Å². The SMILES string of the molecule is O=C(N[C@H]1CCCN(c2ncccn2)C1)C1(c2ccc(Cl)cc2Cl)CCOCC1. The van der Waals surface area contributed by atoms with Gasteiger partial charge >= 0.3 is 0 Å². The van der Waals surface area contributed by atoms with Crippen LogP contribution < -0.4 is 10.2 Å². The van der Waals surface area contributed by atoms with Crippen LogP contribution in [0.1, 0.15) is 31.2 Å². The lowest BCUT2D eigenvalue weighted by molar-refractivity contribution is -0.131. The Labute approximate surface area is 180 Å². The summed E-state index contributed by atoms with van der Waals surface area (Å²) >= 11 is 12.6. The highest BCUT2D eigenvalue weighted by atomic mass is 35.5. The summed E-state index contributed by atoms with van der Waals surface area (Å²) in [6.07, 6.45) is 6.57. The molecule has 1 aromatic heterocycles. The van der Waals surface area contributed by atoms with Crippen molar-refractivity contribution in [1.29, 1.82) is 0 Å². The molecule has 1 amide bonds. The van der Waals surface area contributed by atoms with E-state index in [0.29, 0.717) is 48.6 Å². The maximum absolute atomic E-state index is 13.6. The van der Waals surface area contributed by atoms with E-state index in [9.17, 15) is 4.79 Å². The largest absolute Gasteiger partial charge is 0.381 e. The number of aromatic nitrogens is 2. The molecule has 2 saturated heterocycles. The fourth-order valence-corrected chi connectivity index (χ4v) is 4.86. The molecule has 1 N–H and O–H groups in total. The molecule has 0 bridgehead atoms. The number of benzene rings is 1.